The summed E-state index contributed by atoms with van der Waals surface area (Å²) in [4.78, 5) is 53.4. The zero-order valence-corrected chi connectivity index (χ0v) is 76.1. The van der Waals surface area contributed by atoms with E-state index in [0.29, 0.717) is 57.8 Å². The van der Waals surface area contributed by atoms with Gasteiger partial charge in [-0.15, -0.1) is 0 Å². The maximum atomic E-state index is 13.6. The Hall–Kier alpha value is -4.11. The summed E-state index contributed by atoms with van der Waals surface area (Å²) in [5.74, 6) is -1.87. The Balaban J connectivity index is 0.762. The van der Waals surface area contributed by atoms with E-state index in [1.165, 1.54) is 0 Å². The maximum absolute atomic E-state index is 13.6. The molecule has 0 spiro atoms. The van der Waals surface area contributed by atoms with Gasteiger partial charge < -0.3 is 254 Å². The van der Waals surface area contributed by atoms with Crippen LogP contribution >= 0.6 is 0 Å². The minimum absolute atomic E-state index is 0.0586. The number of nitrogens with one attached hydrogen (secondary N) is 3. The Morgan fingerprint density at radius 1 is 0.245 bits per heavy atom. The van der Waals surface area contributed by atoms with Crippen molar-refractivity contribution in [2.75, 3.05) is 98.9 Å². The van der Waals surface area contributed by atoms with Gasteiger partial charge in [0.15, 0.2) is 56.6 Å². The Kier molecular flexibility index (Phi) is 48.9. The van der Waals surface area contributed by atoms with Crippen LogP contribution in [0.1, 0.15) is 116 Å². The maximum Gasteiger partial charge on any atom is 0.223 e. The van der Waals surface area contributed by atoms with E-state index in [-0.39, 0.29) is 58.7 Å². The minimum atomic E-state index is -2.04. The summed E-state index contributed by atoms with van der Waals surface area (Å²) in [5, 5.41) is 337. The molecule has 139 heavy (non-hydrogen) atoms. The van der Waals surface area contributed by atoms with E-state index < -0.39 is 403 Å². The van der Waals surface area contributed by atoms with Crippen molar-refractivity contribution < 1.29 is 258 Å². The van der Waals surface area contributed by atoms with E-state index in [1.807, 2.05) is 0 Å². The fourth-order valence-electron chi connectivity index (χ4n) is 17.2. The molecule has 57 heteroatoms. The number of aliphatic hydroxyl groups excluding tert-OH is 30. The van der Waals surface area contributed by atoms with Crippen molar-refractivity contribution in [3.8, 4) is 0 Å². The van der Waals surface area contributed by atoms with Gasteiger partial charge in [0, 0.05) is 82.9 Å². The van der Waals surface area contributed by atoms with Crippen LogP contribution in [0.15, 0.2) is 0 Å². The lowest BCUT2D eigenvalue weighted by molar-refractivity contribution is -0.573. The van der Waals surface area contributed by atoms with Crippen LogP contribution in [0.3, 0.4) is 0 Å². The number of aliphatic hydroxyl groups is 30. The standard InChI is InChI=1S/C82H144N4O53/c87-25-34-46(96)55(105)61(111)73(128-34)125-31-40-52(102)70(137-79-64(114)58(108)49(99)37(28-90)131-79)67(117)76(134-40)122-22-10-4-1-7-19-83-43(93)13-16-82(86(120)121,17-14-44(94)84-20-8-2-5-11-23-123-77-68(118)71(138-80-65(115)59(109)50(100)38(29-91)132-80)53(103)41(135-77)32-126-74-62(112)56(106)47(97)35(26-88)129-74)18-15-45(95)85-21-9-3-6-12-24-124-78-69(119)72(139-81-66(116)60(110)51(101)39(30-92)133-81)54(104)42(136-78)33-127-75-63(113)57(107)48(98)36(27-89)130-75/h34-42,46-81,87-92,96-119H,1-33H2,(H,83,93)(H,84,94)(H,85,95)/t34-,35-,36-,37-,38-,39-,40-,41-,42-,46-,47-,48-,49-,50-,51-,52-,53-,54-,55+,56+,57+,58+,59+,60+,61-,62-,63-,64-,65-,66-,67-,68-,69-,70+,71+,72+,73-,74-,75-,76-,77-,78-,79+,80+,81+/m1/s1. The molecule has 0 saturated carbocycles. The normalized spacial score (nSPS) is 41.9. The summed E-state index contributed by atoms with van der Waals surface area (Å²) in [6, 6.07) is 0. The Morgan fingerprint density at radius 3 is 0.655 bits per heavy atom. The zero-order chi connectivity index (χ0) is 102. The highest BCUT2D eigenvalue weighted by molar-refractivity contribution is 5.77. The number of rotatable bonds is 55. The molecule has 0 bridgehead atoms. The van der Waals surface area contributed by atoms with Gasteiger partial charge in [-0.3, -0.25) is 24.5 Å². The molecule has 9 heterocycles. The highest BCUT2D eigenvalue weighted by Crippen LogP contribution is 2.38. The van der Waals surface area contributed by atoms with Gasteiger partial charge >= 0.3 is 0 Å². The van der Waals surface area contributed by atoms with Crippen LogP contribution in [0, 0.1) is 10.1 Å². The summed E-state index contributed by atoms with van der Waals surface area (Å²) < 4.78 is 102. The van der Waals surface area contributed by atoms with Crippen LogP contribution in [0.5, 0.6) is 0 Å². The molecule has 9 saturated heterocycles. The van der Waals surface area contributed by atoms with Crippen molar-refractivity contribution >= 4 is 17.7 Å². The number of amides is 3. The van der Waals surface area contributed by atoms with Gasteiger partial charge in [0.25, 0.3) is 0 Å². The molecule has 0 aromatic rings. The molecule has 810 valence electrons. The topological polar surface area (TPSA) is 903 Å². The van der Waals surface area contributed by atoms with Gasteiger partial charge in [0.05, 0.1) is 59.5 Å². The second kappa shape index (κ2) is 57.4. The first-order valence-electron chi connectivity index (χ1n) is 46.7. The second-order valence-corrected chi connectivity index (χ2v) is 35.9. The van der Waals surface area contributed by atoms with E-state index in [9.17, 15) is 178 Å². The number of ether oxygens (including phenoxy) is 18. The number of nitro groups is 1. The Bertz CT molecular complexity index is 3200. The smallest absolute Gasteiger partial charge is 0.223 e. The molecule has 0 unspecified atom stereocenters. The molecule has 33 N–H and O–H groups in total. The fourth-order valence-corrected chi connectivity index (χ4v) is 17.2. The van der Waals surface area contributed by atoms with Crippen molar-refractivity contribution in [3.05, 3.63) is 10.1 Å². The molecule has 9 fully saturated rings. The molecule has 3 amide bonds. The van der Waals surface area contributed by atoms with Gasteiger partial charge in [-0.25, -0.2) is 0 Å². The van der Waals surface area contributed by atoms with Gasteiger partial charge in [0.1, 0.15) is 220 Å². The molecule has 0 aromatic carbocycles. The largest absolute Gasteiger partial charge is 0.394 e. The van der Waals surface area contributed by atoms with Crippen LogP contribution in [0.4, 0.5) is 0 Å². The number of hydrogen-bond donors (Lipinski definition) is 33. The minimum Gasteiger partial charge on any atom is -0.394 e. The highest BCUT2D eigenvalue weighted by Gasteiger charge is 2.58. The molecule has 45 atom stereocenters. The summed E-state index contributed by atoms with van der Waals surface area (Å²) in [5.41, 5.74) is -2.04. The van der Waals surface area contributed by atoms with E-state index in [1.54, 1.807) is 0 Å². The first kappa shape index (κ1) is 118. The molecule has 0 radical (unpaired) electrons. The average Bonchev–Trinajstić information content (AvgIpc) is 0.787. The Morgan fingerprint density at radius 2 is 0.439 bits per heavy atom. The van der Waals surface area contributed by atoms with E-state index >= 15 is 0 Å². The zero-order valence-electron chi connectivity index (χ0n) is 76.1. The SMILES string of the molecule is O=C(CCC(CCC(=O)NCCCCCCO[C@@H]1O[C@H](CO[C@@H]2O[C@H](CO)[C@@H](O)[C@H](O)[C@H]2O)[C@@H](O)[C@H](O[C@@H]2O[C@H](CO)[C@@H](O)[C@H](O)[C@H]2O)[C@H]1O)(CCC(=O)NCCCCCCO[C@@H]1O[C@H](CO[C@@H]2O[C@H](CO)[C@@H](O)[C@H](O)[C@H]2O)[C@@H](O)[C@H](O[C@@H]2O[C@H](CO)[C@@H](O)[C@H](O)[C@H]2O)[C@H]1O)[N+](=O)[O-])NCCCCCCO[C@@H]1O[C@H](CO[C@@H]2O[C@H](CO)[C@@H](O)[C@H](O)[C@H]2O)[C@@H](O)[C@H](O[C@@H]2O[C@H](CO)[C@@H](O)[C@H](O)[C@H]2O)[C@H]1O. The van der Waals surface area contributed by atoms with Crippen LogP contribution < -0.4 is 16.0 Å². The Labute approximate surface area is 795 Å². The molecule has 9 aliphatic rings. The lowest BCUT2D eigenvalue weighted by Crippen LogP contribution is -2.65. The summed E-state index contributed by atoms with van der Waals surface area (Å²) in [7, 11) is 0. The third-order valence-corrected chi connectivity index (χ3v) is 26.0. The van der Waals surface area contributed by atoms with E-state index in [2.05, 4.69) is 16.0 Å². The summed E-state index contributed by atoms with van der Waals surface area (Å²) >= 11 is 0. The van der Waals surface area contributed by atoms with Crippen LogP contribution in [-0.4, -0.2) is 557 Å². The fraction of sp³-hybridized carbons (Fsp3) is 0.963. The lowest BCUT2D eigenvalue weighted by Gasteiger charge is -2.46. The first-order valence-corrected chi connectivity index (χ1v) is 46.7. The molecule has 0 aromatic heterocycles. The van der Waals surface area contributed by atoms with Crippen LogP contribution in [-0.2, 0) is 99.6 Å². The molecular formula is C82H144N4O53. The van der Waals surface area contributed by atoms with Crippen molar-refractivity contribution in [1.82, 2.24) is 16.0 Å². The number of unbranched alkanes of at least 4 members (excludes halogenated alkanes) is 9. The number of nitrogens with zero attached hydrogens (tertiary/aromatic N) is 1. The van der Waals surface area contributed by atoms with Crippen molar-refractivity contribution in [2.45, 2.75) is 397 Å². The average molecular weight is 2030 g/mol. The molecule has 9 aliphatic heterocycles. The van der Waals surface area contributed by atoms with E-state index in [4.69, 9.17) is 85.3 Å². The van der Waals surface area contributed by atoms with Crippen molar-refractivity contribution in [2.24, 2.45) is 0 Å². The molecule has 0 aliphatic carbocycles. The van der Waals surface area contributed by atoms with Gasteiger partial charge in [-0.05, 0) is 38.5 Å². The highest BCUT2D eigenvalue weighted by atomic mass is 16.8. The predicted molar refractivity (Wildman–Crippen MR) is 447 cm³/mol. The number of carbonyl (C=O) groups is 3. The lowest BCUT2D eigenvalue weighted by atomic mass is 9.84. The third kappa shape index (κ3) is 31.5. The van der Waals surface area contributed by atoms with E-state index in [0.717, 1.165) is 0 Å². The summed E-state index contributed by atoms with van der Waals surface area (Å²) in [6.07, 6.45) is -77.9. The second-order valence-electron chi connectivity index (χ2n) is 35.9. The number of carbonyl (C=O) groups excluding carboxylic acids is 3. The monoisotopic (exact) mass is 2030 g/mol. The quantitative estimate of drug-likeness (QED) is 0.0153. The summed E-state index contributed by atoms with van der Waals surface area (Å²) in [6.45, 7) is -7.42. The first-order chi connectivity index (χ1) is 66.2. The van der Waals surface area contributed by atoms with Crippen LogP contribution in [0.25, 0.3) is 0 Å². The molecule has 9 rings (SSSR count). The number of hydrogen-bond acceptors (Lipinski definition) is 53. The van der Waals surface area contributed by atoms with Crippen molar-refractivity contribution in [1.29, 1.82) is 0 Å². The van der Waals surface area contributed by atoms with Gasteiger partial charge in [0.2, 0.25) is 23.3 Å². The van der Waals surface area contributed by atoms with Gasteiger partial charge in [-0.1, -0.05) is 38.5 Å². The third-order valence-electron chi connectivity index (χ3n) is 26.0. The van der Waals surface area contributed by atoms with Crippen LogP contribution in [0.2, 0.25) is 0 Å². The van der Waals surface area contributed by atoms with Crippen molar-refractivity contribution in [3.63, 3.8) is 0 Å². The molecular weight excluding hydrogens is 1890 g/mol. The predicted octanol–water partition coefficient (Wildman–Crippen LogP) is -17.2. The van der Waals surface area contributed by atoms with Gasteiger partial charge in [-0.2, -0.15) is 0 Å². The molecule has 57 nitrogen and oxygen atoms in total.